The summed E-state index contributed by atoms with van der Waals surface area (Å²) in [6.45, 7) is 5.82. The van der Waals surface area contributed by atoms with Gasteiger partial charge in [-0.2, -0.15) is 0 Å². The van der Waals surface area contributed by atoms with Gasteiger partial charge in [0.05, 0.1) is 5.75 Å². The number of nitrogens with one attached hydrogen (secondary N) is 1. The lowest BCUT2D eigenvalue weighted by Gasteiger charge is -2.24. The highest BCUT2D eigenvalue weighted by Crippen LogP contribution is 2.16. The van der Waals surface area contributed by atoms with Gasteiger partial charge in [-0.1, -0.05) is 20.3 Å². The molecular formula is C11H25ClN2O2S. The smallest absolute Gasteiger partial charge is 0.214 e. The average molecular weight is 285 g/mol. The molecule has 1 N–H and O–H groups in total. The lowest BCUT2D eigenvalue weighted by molar-refractivity contribution is 0.382. The molecule has 0 spiro atoms. The van der Waals surface area contributed by atoms with Gasteiger partial charge >= 0.3 is 0 Å². The third kappa shape index (κ3) is 5.12. The lowest BCUT2D eigenvalue weighted by atomic mass is 10.1. The molecule has 0 amide bonds. The third-order valence-corrected chi connectivity index (χ3v) is 5.43. The van der Waals surface area contributed by atoms with E-state index in [-0.39, 0.29) is 30.1 Å². The second kappa shape index (κ2) is 7.56. The van der Waals surface area contributed by atoms with Crippen molar-refractivity contribution < 1.29 is 8.42 Å². The van der Waals surface area contributed by atoms with Crippen LogP contribution < -0.4 is 5.32 Å². The molecule has 2 unspecified atom stereocenters. The molecule has 1 heterocycles. The number of hydrogen-bond donors (Lipinski definition) is 1. The molecule has 17 heavy (non-hydrogen) atoms. The van der Waals surface area contributed by atoms with Crippen LogP contribution in [-0.4, -0.2) is 44.7 Å². The van der Waals surface area contributed by atoms with E-state index in [2.05, 4.69) is 12.2 Å². The maximum Gasteiger partial charge on any atom is 0.214 e. The Morgan fingerprint density at radius 3 is 2.59 bits per heavy atom. The summed E-state index contributed by atoms with van der Waals surface area (Å²) in [6, 6.07) is 0.152. The van der Waals surface area contributed by atoms with Crippen molar-refractivity contribution in [3.05, 3.63) is 0 Å². The van der Waals surface area contributed by atoms with E-state index in [0.29, 0.717) is 0 Å². The van der Waals surface area contributed by atoms with Crippen molar-refractivity contribution in [3.63, 3.8) is 0 Å². The van der Waals surface area contributed by atoms with Crippen LogP contribution in [0.25, 0.3) is 0 Å². The number of rotatable bonds is 6. The molecule has 0 bridgehead atoms. The molecule has 6 heteroatoms. The Morgan fingerprint density at radius 1 is 1.47 bits per heavy atom. The van der Waals surface area contributed by atoms with E-state index in [4.69, 9.17) is 0 Å². The summed E-state index contributed by atoms with van der Waals surface area (Å²) >= 11 is 0. The minimum absolute atomic E-state index is 0. The lowest BCUT2D eigenvalue weighted by Crippen LogP contribution is -2.40. The second-order valence-corrected chi connectivity index (χ2v) is 6.91. The third-order valence-electron chi connectivity index (χ3n) is 3.26. The van der Waals surface area contributed by atoms with Crippen LogP contribution in [0.1, 0.15) is 33.1 Å². The van der Waals surface area contributed by atoms with Gasteiger partial charge in [0.1, 0.15) is 0 Å². The number of hydrogen-bond acceptors (Lipinski definition) is 3. The molecule has 0 aromatic rings. The summed E-state index contributed by atoms with van der Waals surface area (Å²) in [7, 11) is -1.36. The molecule has 4 nitrogen and oxygen atoms in total. The second-order valence-electron chi connectivity index (χ2n) is 4.84. The van der Waals surface area contributed by atoms with E-state index in [1.807, 2.05) is 6.92 Å². The van der Waals surface area contributed by atoms with E-state index in [0.717, 1.165) is 32.4 Å². The molecule has 1 saturated heterocycles. The quantitative estimate of drug-likeness (QED) is 0.804. The first kappa shape index (κ1) is 17.2. The monoisotopic (exact) mass is 284 g/mol. The van der Waals surface area contributed by atoms with Gasteiger partial charge in [0, 0.05) is 19.6 Å². The van der Waals surface area contributed by atoms with E-state index in [9.17, 15) is 8.42 Å². The zero-order chi connectivity index (χ0) is 12.2. The minimum atomic E-state index is -3.07. The highest BCUT2D eigenvalue weighted by Gasteiger charge is 2.29. The van der Waals surface area contributed by atoms with Gasteiger partial charge in [0.15, 0.2) is 0 Å². The van der Waals surface area contributed by atoms with Gasteiger partial charge in [0.25, 0.3) is 0 Å². The number of likely N-dealkylation sites (N-methyl/N-ethyl adjacent to an activating group) is 1. The first-order valence-electron chi connectivity index (χ1n) is 6.13. The van der Waals surface area contributed by atoms with E-state index >= 15 is 0 Å². The summed E-state index contributed by atoms with van der Waals surface area (Å²) in [5, 5.41) is 3.20. The van der Waals surface area contributed by atoms with Crippen molar-refractivity contribution in [2.24, 2.45) is 5.92 Å². The summed E-state index contributed by atoms with van der Waals surface area (Å²) < 4.78 is 25.8. The maximum absolute atomic E-state index is 12.1. The van der Waals surface area contributed by atoms with Gasteiger partial charge in [-0.3, -0.25) is 0 Å². The summed E-state index contributed by atoms with van der Waals surface area (Å²) in [6.07, 6.45) is 2.96. The van der Waals surface area contributed by atoms with Crippen molar-refractivity contribution in [2.75, 3.05) is 25.9 Å². The fourth-order valence-corrected chi connectivity index (χ4v) is 3.99. The number of sulfonamides is 1. The molecule has 1 fully saturated rings. The molecule has 104 valence electrons. The van der Waals surface area contributed by atoms with Crippen molar-refractivity contribution in [1.29, 1.82) is 0 Å². The van der Waals surface area contributed by atoms with Crippen molar-refractivity contribution >= 4 is 22.4 Å². The predicted molar refractivity (Wildman–Crippen MR) is 74.1 cm³/mol. The van der Waals surface area contributed by atoms with Crippen LogP contribution in [-0.2, 0) is 10.0 Å². The summed E-state index contributed by atoms with van der Waals surface area (Å²) in [5.74, 6) is 0.542. The molecular weight excluding hydrogens is 260 g/mol. The molecule has 1 aliphatic rings. The van der Waals surface area contributed by atoms with Crippen molar-refractivity contribution in [1.82, 2.24) is 9.62 Å². The van der Waals surface area contributed by atoms with Gasteiger partial charge < -0.3 is 5.32 Å². The molecule has 1 rings (SSSR count). The highest BCUT2D eigenvalue weighted by molar-refractivity contribution is 7.89. The molecule has 0 saturated carbocycles. The maximum atomic E-state index is 12.1. The summed E-state index contributed by atoms with van der Waals surface area (Å²) in [5.41, 5.74) is 0. The van der Waals surface area contributed by atoms with Crippen LogP contribution in [0, 0.1) is 5.92 Å². The minimum Gasteiger partial charge on any atom is -0.315 e. The summed E-state index contributed by atoms with van der Waals surface area (Å²) in [4.78, 5) is 0. The van der Waals surface area contributed by atoms with Crippen LogP contribution in [0.15, 0.2) is 0 Å². The van der Waals surface area contributed by atoms with Crippen LogP contribution in [0.2, 0.25) is 0 Å². The Balaban J connectivity index is 0.00000256. The average Bonchev–Trinajstić information content (AvgIpc) is 2.68. The number of halogens is 1. The molecule has 0 radical (unpaired) electrons. The van der Waals surface area contributed by atoms with Crippen molar-refractivity contribution in [2.45, 2.75) is 39.2 Å². The van der Waals surface area contributed by atoms with Gasteiger partial charge in [-0.25, -0.2) is 12.7 Å². The first-order valence-corrected chi connectivity index (χ1v) is 7.74. The van der Waals surface area contributed by atoms with Crippen molar-refractivity contribution in [3.8, 4) is 0 Å². The van der Waals surface area contributed by atoms with Gasteiger partial charge in [0.2, 0.25) is 10.0 Å². The fraction of sp³-hybridized carbons (Fsp3) is 1.00. The molecule has 0 aromatic carbocycles. The standard InChI is InChI=1S/C11H24N2O2S.ClH/c1-4-5-10(2)9-16(14,15)13(3)11-6-7-12-8-11;/h10-12H,4-9H2,1-3H3;1H. The van der Waals surface area contributed by atoms with Crippen LogP contribution in [0.5, 0.6) is 0 Å². The zero-order valence-electron chi connectivity index (χ0n) is 11.0. The Kier molecular flexibility index (Phi) is 7.63. The van der Waals surface area contributed by atoms with Gasteiger partial charge in [-0.05, 0) is 25.3 Å². The Morgan fingerprint density at radius 2 is 2.12 bits per heavy atom. The predicted octanol–water partition coefficient (Wildman–Crippen LogP) is 1.47. The Hall–Kier alpha value is 0.160. The fourth-order valence-electron chi connectivity index (χ4n) is 2.23. The van der Waals surface area contributed by atoms with Crippen LogP contribution >= 0.6 is 12.4 Å². The molecule has 1 aliphatic heterocycles. The number of nitrogens with zero attached hydrogens (tertiary/aromatic N) is 1. The normalized spacial score (nSPS) is 22.5. The zero-order valence-corrected chi connectivity index (χ0v) is 12.6. The largest absolute Gasteiger partial charge is 0.315 e. The first-order chi connectivity index (χ1) is 7.47. The Labute approximate surface area is 112 Å². The Bertz CT molecular complexity index is 303. The van der Waals surface area contributed by atoms with E-state index in [1.54, 1.807) is 11.4 Å². The molecule has 0 aromatic heterocycles. The van der Waals surface area contributed by atoms with Gasteiger partial charge in [-0.15, -0.1) is 12.4 Å². The highest BCUT2D eigenvalue weighted by atomic mass is 35.5. The van der Waals surface area contributed by atoms with Crippen LogP contribution in [0.4, 0.5) is 0 Å². The SMILES string of the molecule is CCCC(C)CS(=O)(=O)N(C)C1CCNC1.Cl. The van der Waals surface area contributed by atoms with Crippen LogP contribution in [0.3, 0.4) is 0 Å². The van der Waals surface area contributed by atoms with E-state index < -0.39 is 10.0 Å². The topological polar surface area (TPSA) is 49.4 Å². The molecule has 0 aliphatic carbocycles. The van der Waals surface area contributed by atoms with E-state index in [1.165, 1.54) is 0 Å². The molecule has 2 atom stereocenters.